The summed E-state index contributed by atoms with van der Waals surface area (Å²) < 4.78 is 11.0. The molecule has 1 saturated heterocycles. The van der Waals surface area contributed by atoms with Gasteiger partial charge in [-0.1, -0.05) is 84.9 Å². The van der Waals surface area contributed by atoms with E-state index >= 15 is 0 Å². The number of nitrogens with zero attached hydrogens (tertiary/aromatic N) is 3. The van der Waals surface area contributed by atoms with Crippen LogP contribution in [0.2, 0.25) is 0 Å². The van der Waals surface area contributed by atoms with Gasteiger partial charge in [-0.3, -0.25) is 9.89 Å². The largest absolute Gasteiger partial charge is 0.445 e. The first-order valence-electron chi connectivity index (χ1n) is 20.0. The lowest BCUT2D eigenvalue weighted by molar-refractivity contribution is 0.0527. The van der Waals surface area contributed by atoms with Gasteiger partial charge in [-0.15, -0.1) is 0 Å². The maximum atomic E-state index is 13.0. The molecule has 0 spiro atoms. The zero-order valence-corrected chi connectivity index (χ0v) is 32.9. The Morgan fingerprint density at radius 3 is 2.30 bits per heavy atom. The minimum atomic E-state index is -0.497. The predicted molar refractivity (Wildman–Crippen MR) is 226 cm³/mol. The number of benzene rings is 5. The Hall–Kier alpha value is -6.16. The fraction of sp³-hybridized carbons (Fsp3) is 0.319. The molecule has 3 N–H and O–H groups in total. The van der Waals surface area contributed by atoms with Crippen LogP contribution in [0.3, 0.4) is 0 Å². The van der Waals surface area contributed by atoms with E-state index in [9.17, 15) is 9.59 Å². The number of imidazole rings is 1. The Kier molecular flexibility index (Phi) is 10.9. The quantitative estimate of drug-likeness (QED) is 0.113. The number of likely N-dealkylation sites (tertiary alicyclic amines) is 1. The van der Waals surface area contributed by atoms with Gasteiger partial charge in [0, 0.05) is 19.5 Å². The molecule has 8 rings (SSSR count). The summed E-state index contributed by atoms with van der Waals surface area (Å²) in [5.41, 5.74) is 8.24. The topological polar surface area (TPSA) is 121 Å². The molecule has 0 saturated carbocycles. The smallest absolute Gasteiger partial charge is 0.410 e. The van der Waals surface area contributed by atoms with Gasteiger partial charge < -0.3 is 25.1 Å². The fourth-order valence-electron chi connectivity index (χ4n) is 7.72. The van der Waals surface area contributed by atoms with Crippen LogP contribution in [0, 0.1) is 0 Å². The van der Waals surface area contributed by atoms with Crippen LogP contribution in [-0.2, 0) is 22.5 Å². The number of H-pyrrole nitrogens is 1. The average Bonchev–Trinajstić information content (AvgIpc) is 3.99. The Labute approximate surface area is 333 Å². The SMILES string of the molecule is CC(C)(C)OC(=O)NCCCCc1nc2ccc(-c3ccc4cc(-c5ccc(C6CN=C([C@@H]7CCCN7C(=O)OCc7ccccc7)N6)cc5)ccc4c3)cc2[nH]1. The molecular weight excluding hydrogens is 713 g/mol. The van der Waals surface area contributed by atoms with Gasteiger partial charge in [0.1, 0.15) is 23.9 Å². The van der Waals surface area contributed by atoms with Gasteiger partial charge in [0.2, 0.25) is 0 Å². The van der Waals surface area contributed by atoms with Crippen molar-refractivity contribution in [3.63, 3.8) is 0 Å². The molecule has 0 aliphatic carbocycles. The molecule has 57 heavy (non-hydrogen) atoms. The van der Waals surface area contributed by atoms with E-state index in [0.717, 1.165) is 77.1 Å². The normalized spacial score (nSPS) is 16.8. The second kappa shape index (κ2) is 16.5. The lowest BCUT2D eigenvalue weighted by Crippen LogP contribution is -2.45. The minimum absolute atomic E-state index is 0.0687. The molecule has 0 radical (unpaired) electrons. The van der Waals surface area contributed by atoms with E-state index in [-0.39, 0.29) is 30.9 Å². The number of aliphatic imine (C=N–C) groups is 1. The van der Waals surface area contributed by atoms with Crippen molar-refractivity contribution in [2.24, 2.45) is 4.99 Å². The van der Waals surface area contributed by atoms with Gasteiger partial charge >= 0.3 is 12.2 Å². The average molecular weight is 763 g/mol. The van der Waals surface area contributed by atoms with Crippen LogP contribution < -0.4 is 10.6 Å². The number of fused-ring (bicyclic) bond motifs is 2. The van der Waals surface area contributed by atoms with Crippen molar-refractivity contribution in [2.45, 2.75) is 77.2 Å². The molecule has 2 aliphatic heterocycles. The first kappa shape index (κ1) is 37.7. The minimum Gasteiger partial charge on any atom is -0.445 e. The number of unbranched alkanes of at least 4 members (excludes halogenated alkanes) is 1. The summed E-state index contributed by atoms with van der Waals surface area (Å²) in [6.45, 7) is 7.73. The van der Waals surface area contributed by atoms with Gasteiger partial charge in [-0.2, -0.15) is 0 Å². The Bertz CT molecular complexity index is 2400. The lowest BCUT2D eigenvalue weighted by atomic mass is 9.96. The predicted octanol–water partition coefficient (Wildman–Crippen LogP) is 9.74. The number of hydrogen-bond donors (Lipinski definition) is 3. The number of aromatic nitrogens is 2. The highest BCUT2D eigenvalue weighted by atomic mass is 16.6. The van der Waals surface area contributed by atoms with E-state index in [4.69, 9.17) is 19.5 Å². The van der Waals surface area contributed by atoms with Crippen molar-refractivity contribution in [1.29, 1.82) is 0 Å². The number of amides is 2. The number of hydrogen-bond acceptors (Lipinski definition) is 7. The van der Waals surface area contributed by atoms with Gasteiger partial charge in [0.25, 0.3) is 0 Å². The van der Waals surface area contributed by atoms with Crippen LogP contribution in [-0.4, -0.2) is 64.2 Å². The molecule has 10 nitrogen and oxygen atoms in total. The Balaban J connectivity index is 0.856. The third-order valence-corrected chi connectivity index (χ3v) is 10.6. The lowest BCUT2D eigenvalue weighted by Gasteiger charge is -2.25. The molecule has 3 heterocycles. The summed E-state index contributed by atoms with van der Waals surface area (Å²) in [5.74, 6) is 1.82. The standard InChI is InChI=1S/C47H50N6O4/c1-47(2,3)57-45(54)48-24-8-7-13-43-50-39-23-22-38(28-40(39)51-43)37-21-20-35-26-34(18-19-36(35)27-37)32-14-16-33(17-15-32)41-29-49-44(52-41)42-12-9-25-53(42)46(55)56-30-31-10-5-4-6-11-31/h4-6,10-11,14-23,26-28,41-42H,7-9,12-13,24-25,29-30H2,1-3H3,(H,48,54)(H,49,52)(H,50,51)/t41?,42-/m0/s1. The summed E-state index contributed by atoms with van der Waals surface area (Å²) in [4.78, 5) is 39.8. The van der Waals surface area contributed by atoms with Crippen molar-refractivity contribution < 1.29 is 19.1 Å². The number of rotatable bonds is 11. The zero-order chi connectivity index (χ0) is 39.4. The van der Waals surface area contributed by atoms with Crippen molar-refractivity contribution in [3.8, 4) is 22.3 Å². The summed E-state index contributed by atoms with van der Waals surface area (Å²) in [6, 6.07) is 38.1. The van der Waals surface area contributed by atoms with Gasteiger partial charge in [0.15, 0.2) is 0 Å². The van der Waals surface area contributed by atoms with E-state index in [2.05, 4.69) is 94.5 Å². The second-order valence-corrected chi connectivity index (χ2v) is 16.0. The number of aryl methyl sites for hydroxylation is 1. The molecule has 2 atom stereocenters. The van der Waals surface area contributed by atoms with E-state index in [0.29, 0.717) is 19.6 Å². The number of amidine groups is 1. The van der Waals surface area contributed by atoms with Crippen molar-refractivity contribution in [3.05, 3.63) is 126 Å². The van der Waals surface area contributed by atoms with Crippen LogP contribution in [0.4, 0.5) is 9.59 Å². The number of aromatic amines is 1. The number of carbonyl (C=O) groups is 2. The second-order valence-electron chi connectivity index (χ2n) is 16.0. The Morgan fingerprint density at radius 1 is 0.842 bits per heavy atom. The molecule has 2 amide bonds. The van der Waals surface area contributed by atoms with Crippen LogP contribution in [0.1, 0.15) is 69.4 Å². The van der Waals surface area contributed by atoms with E-state index in [1.54, 1.807) is 0 Å². The van der Waals surface area contributed by atoms with Crippen LogP contribution >= 0.6 is 0 Å². The highest BCUT2D eigenvalue weighted by molar-refractivity contribution is 5.93. The summed E-state index contributed by atoms with van der Waals surface area (Å²) >= 11 is 0. The first-order chi connectivity index (χ1) is 27.6. The monoisotopic (exact) mass is 762 g/mol. The zero-order valence-electron chi connectivity index (χ0n) is 32.9. The van der Waals surface area contributed by atoms with E-state index in [1.165, 1.54) is 21.9 Å². The summed E-state index contributed by atoms with van der Waals surface area (Å²) in [6.07, 6.45) is 3.70. The van der Waals surface area contributed by atoms with Gasteiger partial charge in [-0.25, -0.2) is 14.6 Å². The number of alkyl carbamates (subject to hydrolysis) is 1. The summed E-state index contributed by atoms with van der Waals surface area (Å²) in [5, 5.41) is 8.81. The molecule has 1 fully saturated rings. The molecule has 292 valence electrons. The van der Waals surface area contributed by atoms with Gasteiger partial charge in [-0.05, 0) is 115 Å². The third kappa shape index (κ3) is 9.12. The molecule has 5 aromatic carbocycles. The maximum absolute atomic E-state index is 13.0. The van der Waals surface area contributed by atoms with Crippen LogP contribution in [0.25, 0.3) is 44.1 Å². The molecular formula is C47H50N6O4. The molecule has 1 unspecified atom stereocenters. The molecule has 0 bridgehead atoms. The number of nitrogens with one attached hydrogen (secondary N) is 3. The van der Waals surface area contributed by atoms with E-state index < -0.39 is 5.60 Å². The number of ether oxygens (including phenoxy) is 2. The molecule has 10 heteroatoms. The van der Waals surface area contributed by atoms with Crippen molar-refractivity contribution >= 4 is 39.8 Å². The van der Waals surface area contributed by atoms with E-state index in [1.807, 2.05) is 56.0 Å². The van der Waals surface area contributed by atoms with Gasteiger partial charge in [0.05, 0.1) is 29.7 Å². The molecule has 2 aliphatic rings. The summed E-state index contributed by atoms with van der Waals surface area (Å²) in [7, 11) is 0. The molecule has 6 aromatic rings. The highest BCUT2D eigenvalue weighted by Gasteiger charge is 2.36. The molecule has 1 aromatic heterocycles. The van der Waals surface area contributed by atoms with Crippen molar-refractivity contribution in [1.82, 2.24) is 25.5 Å². The first-order valence-corrected chi connectivity index (χ1v) is 20.0. The van der Waals surface area contributed by atoms with Crippen LogP contribution in [0.5, 0.6) is 0 Å². The highest BCUT2D eigenvalue weighted by Crippen LogP contribution is 2.31. The fourth-order valence-corrected chi connectivity index (χ4v) is 7.72. The van der Waals surface area contributed by atoms with Crippen LogP contribution in [0.15, 0.2) is 114 Å². The van der Waals surface area contributed by atoms with Crippen molar-refractivity contribution in [2.75, 3.05) is 19.6 Å². The maximum Gasteiger partial charge on any atom is 0.410 e. The number of carbonyl (C=O) groups excluding carboxylic acids is 2. The third-order valence-electron chi connectivity index (χ3n) is 10.6. The Morgan fingerprint density at radius 2 is 1.54 bits per heavy atom.